The van der Waals surface area contributed by atoms with E-state index in [2.05, 4.69) is 5.10 Å². The van der Waals surface area contributed by atoms with Crippen molar-refractivity contribution in [1.29, 1.82) is 0 Å². The summed E-state index contributed by atoms with van der Waals surface area (Å²) in [6.07, 6.45) is 1.94. The highest BCUT2D eigenvalue weighted by atomic mass is 19.1. The zero-order valence-electron chi connectivity index (χ0n) is 19.6. The average Bonchev–Trinajstić information content (AvgIpc) is 3.51. The van der Waals surface area contributed by atoms with E-state index in [0.717, 1.165) is 18.4 Å². The van der Waals surface area contributed by atoms with Gasteiger partial charge in [-0.3, -0.25) is 14.5 Å². The van der Waals surface area contributed by atoms with Gasteiger partial charge >= 0.3 is 5.97 Å². The molecule has 0 N–H and O–H groups in total. The third-order valence-electron chi connectivity index (χ3n) is 6.62. The van der Waals surface area contributed by atoms with E-state index in [1.807, 2.05) is 23.1 Å². The number of rotatable bonds is 6. The Balaban J connectivity index is 1.38. The summed E-state index contributed by atoms with van der Waals surface area (Å²) >= 11 is 0. The Kier molecular flexibility index (Phi) is 6.68. The summed E-state index contributed by atoms with van der Waals surface area (Å²) in [5.74, 6) is 0.226. The van der Waals surface area contributed by atoms with Crippen molar-refractivity contribution in [1.82, 2.24) is 9.91 Å². The van der Waals surface area contributed by atoms with Crippen LogP contribution in [0.4, 0.5) is 4.39 Å². The molecule has 2 aromatic carbocycles. The molecular formula is C26H28FN3O5. The normalized spacial score (nSPS) is 21.7. The number of halogens is 1. The molecule has 0 bridgehead atoms. The molecule has 2 aromatic rings. The van der Waals surface area contributed by atoms with Crippen molar-refractivity contribution in [2.24, 2.45) is 11.0 Å². The predicted octanol–water partition coefficient (Wildman–Crippen LogP) is 3.51. The van der Waals surface area contributed by atoms with Gasteiger partial charge in [-0.25, -0.2) is 9.40 Å². The van der Waals surface area contributed by atoms with Crippen molar-refractivity contribution in [3.63, 3.8) is 0 Å². The average molecular weight is 482 g/mol. The Morgan fingerprint density at radius 1 is 1.17 bits per heavy atom. The Labute approximate surface area is 203 Å². The van der Waals surface area contributed by atoms with Gasteiger partial charge in [-0.1, -0.05) is 24.3 Å². The minimum absolute atomic E-state index is 0.116. The van der Waals surface area contributed by atoms with Crippen LogP contribution in [0.2, 0.25) is 0 Å². The van der Waals surface area contributed by atoms with E-state index in [4.69, 9.17) is 14.2 Å². The first-order valence-electron chi connectivity index (χ1n) is 12.0. The van der Waals surface area contributed by atoms with Crippen LogP contribution in [-0.2, 0) is 14.3 Å². The fourth-order valence-corrected chi connectivity index (χ4v) is 4.89. The summed E-state index contributed by atoms with van der Waals surface area (Å²) in [4.78, 5) is 27.7. The number of benzene rings is 2. The fourth-order valence-electron chi connectivity index (χ4n) is 4.89. The van der Waals surface area contributed by atoms with Crippen LogP contribution in [0, 0.1) is 11.7 Å². The number of hydrogen-bond donors (Lipinski definition) is 0. The molecule has 0 saturated carbocycles. The van der Waals surface area contributed by atoms with Gasteiger partial charge in [-0.05, 0) is 50.1 Å². The maximum absolute atomic E-state index is 14.6. The molecule has 35 heavy (non-hydrogen) atoms. The molecule has 9 heteroatoms. The molecule has 1 saturated heterocycles. The number of nitrogens with zero attached hydrogens (tertiary/aromatic N) is 3. The predicted molar refractivity (Wildman–Crippen MR) is 126 cm³/mol. The van der Waals surface area contributed by atoms with Crippen molar-refractivity contribution in [3.8, 4) is 11.5 Å². The molecule has 3 aliphatic rings. The summed E-state index contributed by atoms with van der Waals surface area (Å²) in [5.41, 5.74) is 1.73. The minimum Gasteiger partial charge on any atom is -0.466 e. The van der Waals surface area contributed by atoms with Crippen molar-refractivity contribution >= 4 is 17.6 Å². The molecular weight excluding hydrogens is 453 g/mol. The lowest BCUT2D eigenvalue weighted by Crippen LogP contribution is -2.44. The topological polar surface area (TPSA) is 80.7 Å². The van der Waals surface area contributed by atoms with Crippen molar-refractivity contribution < 1.29 is 28.2 Å². The lowest BCUT2D eigenvalue weighted by Gasteiger charge is -2.32. The quantitative estimate of drug-likeness (QED) is 0.588. The van der Waals surface area contributed by atoms with E-state index in [1.165, 1.54) is 11.1 Å². The van der Waals surface area contributed by atoms with Crippen LogP contribution in [0.5, 0.6) is 11.5 Å². The van der Waals surface area contributed by atoms with Crippen molar-refractivity contribution in [2.45, 2.75) is 32.2 Å². The number of piperidine rings is 1. The number of esters is 1. The molecule has 8 nitrogen and oxygen atoms in total. The molecule has 184 valence electrons. The maximum Gasteiger partial charge on any atom is 0.310 e. The van der Waals surface area contributed by atoms with Crippen LogP contribution in [0.25, 0.3) is 0 Å². The van der Waals surface area contributed by atoms with Gasteiger partial charge in [-0.2, -0.15) is 5.10 Å². The van der Waals surface area contributed by atoms with Crippen LogP contribution in [-0.4, -0.2) is 60.5 Å². The second-order valence-corrected chi connectivity index (χ2v) is 8.92. The molecule has 0 spiro atoms. The van der Waals surface area contributed by atoms with Gasteiger partial charge in [-0.15, -0.1) is 0 Å². The Bertz CT molecular complexity index is 1150. The molecule has 0 radical (unpaired) electrons. The number of carbonyl (C=O) groups excluding carboxylic acids is 2. The summed E-state index contributed by atoms with van der Waals surface area (Å²) in [7, 11) is 0. The summed E-state index contributed by atoms with van der Waals surface area (Å²) in [6, 6.07) is 11.6. The second-order valence-electron chi connectivity index (χ2n) is 8.92. The Morgan fingerprint density at radius 3 is 2.83 bits per heavy atom. The molecule has 0 unspecified atom stereocenters. The van der Waals surface area contributed by atoms with Crippen LogP contribution in [0.3, 0.4) is 0 Å². The van der Waals surface area contributed by atoms with Gasteiger partial charge in [0.15, 0.2) is 11.5 Å². The molecule has 0 aromatic heterocycles. The van der Waals surface area contributed by atoms with Crippen molar-refractivity contribution in [3.05, 3.63) is 59.4 Å². The molecule has 1 fully saturated rings. The molecule has 5 rings (SSSR count). The van der Waals surface area contributed by atoms with Gasteiger partial charge in [0.2, 0.25) is 6.79 Å². The van der Waals surface area contributed by atoms with E-state index in [-0.39, 0.29) is 36.9 Å². The number of carbonyl (C=O) groups is 2. The molecule has 1 amide bonds. The monoisotopic (exact) mass is 481 g/mol. The first-order valence-corrected chi connectivity index (χ1v) is 12.0. The van der Waals surface area contributed by atoms with E-state index < -0.39 is 6.04 Å². The third kappa shape index (κ3) is 4.86. The number of hydrazone groups is 1. The van der Waals surface area contributed by atoms with Gasteiger partial charge in [0.25, 0.3) is 5.91 Å². The lowest BCUT2D eigenvalue weighted by atomic mass is 9.97. The number of amides is 1. The molecule has 3 heterocycles. The summed E-state index contributed by atoms with van der Waals surface area (Å²) in [5, 5.41) is 6.04. The van der Waals surface area contributed by atoms with Crippen LogP contribution in [0.1, 0.15) is 43.4 Å². The van der Waals surface area contributed by atoms with Gasteiger partial charge in [0, 0.05) is 18.5 Å². The fraction of sp³-hybridized carbons (Fsp3) is 0.423. The van der Waals surface area contributed by atoms with Crippen LogP contribution < -0.4 is 9.47 Å². The highest BCUT2D eigenvalue weighted by Gasteiger charge is 2.36. The number of ether oxygens (including phenoxy) is 3. The van der Waals surface area contributed by atoms with Gasteiger partial charge < -0.3 is 14.2 Å². The minimum atomic E-state index is -0.405. The highest BCUT2D eigenvalue weighted by Crippen LogP contribution is 2.39. The lowest BCUT2D eigenvalue weighted by molar-refractivity contribution is -0.150. The number of fused-ring (bicyclic) bond motifs is 1. The maximum atomic E-state index is 14.6. The smallest absolute Gasteiger partial charge is 0.310 e. The van der Waals surface area contributed by atoms with E-state index >= 15 is 0 Å². The Hall–Kier alpha value is -3.46. The first kappa shape index (κ1) is 23.3. The molecule has 0 aliphatic carbocycles. The Morgan fingerprint density at radius 2 is 2.00 bits per heavy atom. The van der Waals surface area contributed by atoms with Crippen molar-refractivity contribution in [2.75, 3.05) is 33.0 Å². The number of likely N-dealkylation sites (tertiary alicyclic amines) is 1. The van der Waals surface area contributed by atoms with Gasteiger partial charge in [0.05, 0.1) is 30.8 Å². The molecule has 3 aliphatic heterocycles. The van der Waals surface area contributed by atoms with Gasteiger partial charge in [0.1, 0.15) is 5.82 Å². The van der Waals surface area contributed by atoms with Crippen LogP contribution in [0.15, 0.2) is 47.6 Å². The summed E-state index contributed by atoms with van der Waals surface area (Å²) < 4.78 is 30.7. The standard InChI is InChI=1S/C26H28FN3O5/c1-2-33-26(32)18-6-5-11-29(14-18)15-25(31)30-22(17-9-10-23-24(12-17)35-16-34-23)13-21(28-30)19-7-3-4-8-20(19)27/h3-4,7-10,12,18,22H,2,5-6,11,13-16H2,1H3/t18-,22-/m0/s1. The van der Waals surface area contributed by atoms with E-state index in [0.29, 0.717) is 48.9 Å². The van der Waals surface area contributed by atoms with E-state index in [1.54, 1.807) is 25.1 Å². The second kappa shape index (κ2) is 10.0. The zero-order valence-corrected chi connectivity index (χ0v) is 19.6. The van der Waals surface area contributed by atoms with Crippen LogP contribution >= 0.6 is 0 Å². The SMILES string of the molecule is CCOC(=O)[C@H]1CCCN(CC(=O)N2N=C(c3ccccc3F)C[C@H]2c2ccc3c(c2)OCO3)C1. The third-order valence-corrected chi connectivity index (χ3v) is 6.62. The highest BCUT2D eigenvalue weighted by molar-refractivity contribution is 6.03. The molecule has 2 atom stereocenters. The summed E-state index contributed by atoms with van der Waals surface area (Å²) in [6.45, 7) is 3.58. The zero-order chi connectivity index (χ0) is 24.4. The van der Waals surface area contributed by atoms with E-state index in [9.17, 15) is 14.0 Å². The largest absolute Gasteiger partial charge is 0.466 e. The first-order chi connectivity index (χ1) is 17.0. The number of hydrogen-bond acceptors (Lipinski definition) is 7.